The molecule has 1 N–H and O–H groups in total. The molecule has 0 spiro atoms. The van der Waals surface area contributed by atoms with Gasteiger partial charge in [-0.05, 0) is 31.5 Å². The van der Waals surface area contributed by atoms with Crippen LogP contribution < -0.4 is 5.32 Å². The summed E-state index contributed by atoms with van der Waals surface area (Å²) in [5, 5.41) is 3.50. The Labute approximate surface area is 76.3 Å². The van der Waals surface area contributed by atoms with Crippen LogP contribution in [0.1, 0.15) is 20.8 Å². The summed E-state index contributed by atoms with van der Waals surface area (Å²) in [6.07, 6.45) is 0. The number of nitrogens with one attached hydrogen (secondary N) is 1. The average Bonchev–Trinajstić information content (AvgIpc) is 2.00. The Morgan fingerprint density at radius 3 is 2.08 bits per heavy atom. The van der Waals surface area contributed by atoms with Crippen LogP contribution in [0, 0.1) is 11.8 Å². The third kappa shape index (κ3) is 3.11. The second-order valence-corrected chi connectivity index (χ2v) is 4.22. The van der Waals surface area contributed by atoms with E-state index in [9.17, 15) is 0 Å². The fraction of sp³-hybridized carbons (Fsp3) is 1.00. The lowest BCUT2D eigenvalue weighted by atomic mass is 10.1. The number of rotatable bonds is 1. The van der Waals surface area contributed by atoms with Crippen LogP contribution in [0.25, 0.3) is 0 Å². The van der Waals surface area contributed by atoms with Crippen LogP contribution in [0.5, 0.6) is 0 Å². The summed E-state index contributed by atoms with van der Waals surface area (Å²) < 4.78 is 0. The van der Waals surface area contributed by atoms with E-state index in [-0.39, 0.29) is 0 Å². The molecule has 0 aromatic rings. The van der Waals surface area contributed by atoms with E-state index in [0.717, 1.165) is 11.8 Å². The minimum atomic E-state index is 0.803. The molecular weight excluding hydrogens is 148 g/mol. The van der Waals surface area contributed by atoms with Crippen molar-refractivity contribution in [2.75, 3.05) is 32.7 Å². The quantitative estimate of drug-likeness (QED) is 0.636. The Morgan fingerprint density at radius 1 is 1.17 bits per heavy atom. The molecule has 0 aromatic carbocycles. The van der Waals surface area contributed by atoms with Crippen molar-refractivity contribution in [3.63, 3.8) is 0 Å². The van der Waals surface area contributed by atoms with Crippen molar-refractivity contribution in [1.29, 1.82) is 0 Å². The summed E-state index contributed by atoms with van der Waals surface area (Å²) in [7, 11) is 0. The van der Waals surface area contributed by atoms with E-state index in [1.54, 1.807) is 0 Å². The van der Waals surface area contributed by atoms with Gasteiger partial charge in [0.2, 0.25) is 0 Å². The van der Waals surface area contributed by atoms with Crippen molar-refractivity contribution >= 4 is 0 Å². The van der Waals surface area contributed by atoms with Gasteiger partial charge >= 0.3 is 0 Å². The van der Waals surface area contributed by atoms with Gasteiger partial charge in [0.1, 0.15) is 0 Å². The molecule has 1 rings (SSSR count). The topological polar surface area (TPSA) is 15.3 Å². The highest BCUT2D eigenvalue weighted by atomic mass is 15.1. The van der Waals surface area contributed by atoms with Crippen molar-refractivity contribution in [3.8, 4) is 0 Å². The molecule has 0 aliphatic carbocycles. The lowest BCUT2D eigenvalue weighted by Gasteiger charge is -2.30. The van der Waals surface area contributed by atoms with Crippen molar-refractivity contribution in [3.05, 3.63) is 0 Å². The standard InChI is InChI=1S/C10H22N2/c1-4-12-7-9(2)5-11-6-10(3)8-12/h9-11H,4-8H2,1-3H3. The van der Waals surface area contributed by atoms with E-state index in [1.165, 1.54) is 32.7 Å². The van der Waals surface area contributed by atoms with E-state index in [1.807, 2.05) is 0 Å². The van der Waals surface area contributed by atoms with Crippen LogP contribution in [0.3, 0.4) is 0 Å². The van der Waals surface area contributed by atoms with Crippen LogP contribution in [-0.2, 0) is 0 Å². The molecule has 1 heterocycles. The van der Waals surface area contributed by atoms with Crippen molar-refractivity contribution in [2.45, 2.75) is 20.8 Å². The molecule has 1 aliphatic heterocycles. The molecule has 1 saturated heterocycles. The third-order valence-corrected chi connectivity index (χ3v) is 2.57. The Hall–Kier alpha value is -0.0800. The van der Waals surface area contributed by atoms with Gasteiger partial charge in [0.15, 0.2) is 0 Å². The summed E-state index contributed by atoms with van der Waals surface area (Å²) >= 11 is 0. The zero-order valence-corrected chi connectivity index (χ0v) is 8.64. The molecule has 2 atom stereocenters. The molecule has 0 saturated carbocycles. The fourth-order valence-electron chi connectivity index (χ4n) is 1.92. The molecule has 1 aliphatic rings. The molecule has 0 aromatic heterocycles. The molecule has 72 valence electrons. The first kappa shape index (κ1) is 10.0. The maximum atomic E-state index is 3.50. The van der Waals surface area contributed by atoms with Crippen LogP contribution in [0.15, 0.2) is 0 Å². The summed E-state index contributed by atoms with van der Waals surface area (Å²) in [5.41, 5.74) is 0. The largest absolute Gasteiger partial charge is 0.316 e. The van der Waals surface area contributed by atoms with Gasteiger partial charge in [-0.3, -0.25) is 0 Å². The highest BCUT2D eigenvalue weighted by Gasteiger charge is 2.15. The highest BCUT2D eigenvalue weighted by Crippen LogP contribution is 2.06. The molecule has 2 heteroatoms. The van der Waals surface area contributed by atoms with Crippen molar-refractivity contribution in [2.24, 2.45) is 11.8 Å². The maximum absolute atomic E-state index is 3.50. The Bertz CT molecular complexity index is 113. The van der Waals surface area contributed by atoms with E-state index in [2.05, 4.69) is 31.0 Å². The summed E-state index contributed by atoms with van der Waals surface area (Å²) in [6, 6.07) is 0. The van der Waals surface area contributed by atoms with E-state index in [0.29, 0.717) is 0 Å². The smallest absolute Gasteiger partial charge is 0.00191 e. The zero-order valence-electron chi connectivity index (χ0n) is 8.64. The molecule has 1 fully saturated rings. The van der Waals surface area contributed by atoms with Gasteiger partial charge in [-0.25, -0.2) is 0 Å². The first-order chi connectivity index (χ1) is 5.72. The maximum Gasteiger partial charge on any atom is 0.00191 e. The number of hydrogen-bond donors (Lipinski definition) is 1. The first-order valence-electron chi connectivity index (χ1n) is 5.15. The Morgan fingerprint density at radius 2 is 1.67 bits per heavy atom. The Balaban J connectivity index is 2.39. The van der Waals surface area contributed by atoms with Crippen molar-refractivity contribution in [1.82, 2.24) is 10.2 Å². The van der Waals surface area contributed by atoms with Crippen LogP contribution in [0.4, 0.5) is 0 Å². The van der Waals surface area contributed by atoms with Gasteiger partial charge in [-0.1, -0.05) is 20.8 Å². The van der Waals surface area contributed by atoms with Crippen LogP contribution >= 0.6 is 0 Å². The molecular formula is C10H22N2. The van der Waals surface area contributed by atoms with Crippen molar-refractivity contribution < 1.29 is 0 Å². The molecule has 2 unspecified atom stereocenters. The summed E-state index contributed by atoms with van der Waals surface area (Å²) in [5.74, 6) is 1.61. The lowest BCUT2D eigenvalue weighted by molar-refractivity contribution is 0.194. The van der Waals surface area contributed by atoms with E-state index in [4.69, 9.17) is 0 Å². The van der Waals surface area contributed by atoms with Gasteiger partial charge in [0.05, 0.1) is 0 Å². The van der Waals surface area contributed by atoms with Gasteiger partial charge in [-0.15, -0.1) is 0 Å². The first-order valence-corrected chi connectivity index (χ1v) is 5.15. The zero-order chi connectivity index (χ0) is 8.97. The average molecular weight is 170 g/mol. The van der Waals surface area contributed by atoms with E-state index < -0.39 is 0 Å². The number of nitrogens with zero attached hydrogens (tertiary/aromatic N) is 1. The molecule has 0 radical (unpaired) electrons. The lowest BCUT2D eigenvalue weighted by Crippen LogP contribution is -2.42. The van der Waals surface area contributed by atoms with Gasteiger partial charge in [0.25, 0.3) is 0 Å². The SMILES string of the molecule is CCN1CC(C)CNCC(C)C1. The second kappa shape index (κ2) is 4.83. The molecule has 2 nitrogen and oxygen atoms in total. The summed E-state index contributed by atoms with van der Waals surface area (Å²) in [4.78, 5) is 2.57. The van der Waals surface area contributed by atoms with Crippen LogP contribution in [-0.4, -0.2) is 37.6 Å². The molecule has 0 bridgehead atoms. The van der Waals surface area contributed by atoms with Gasteiger partial charge in [-0.2, -0.15) is 0 Å². The normalized spacial score (nSPS) is 34.2. The monoisotopic (exact) mass is 170 g/mol. The summed E-state index contributed by atoms with van der Waals surface area (Å²) in [6.45, 7) is 13.0. The number of hydrogen-bond acceptors (Lipinski definition) is 2. The van der Waals surface area contributed by atoms with E-state index >= 15 is 0 Å². The van der Waals surface area contributed by atoms with Gasteiger partial charge < -0.3 is 10.2 Å². The minimum absolute atomic E-state index is 0.803. The predicted octanol–water partition coefficient (Wildman–Crippen LogP) is 1.18. The predicted molar refractivity (Wildman–Crippen MR) is 53.3 cm³/mol. The van der Waals surface area contributed by atoms with Crippen LogP contribution in [0.2, 0.25) is 0 Å². The highest BCUT2D eigenvalue weighted by molar-refractivity contribution is 4.71. The fourth-order valence-corrected chi connectivity index (χ4v) is 1.92. The Kier molecular flexibility index (Phi) is 4.02. The van der Waals surface area contributed by atoms with Gasteiger partial charge in [0, 0.05) is 13.1 Å². The molecule has 0 amide bonds. The molecule has 12 heavy (non-hydrogen) atoms. The minimum Gasteiger partial charge on any atom is -0.316 e. The third-order valence-electron chi connectivity index (χ3n) is 2.57. The second-order valence-electron chi connectivity index (χ2n) is 4.22.